The molecule has 3 nitrogen and oxygen atoms in total. The summed E-state index contributed by atoms with van der Waals surface area (Å²) in [5.74, 6) is 2.17. The van der Waals surface area contributed by atoms with Crippen LogP contribution in [0.3, 0.4) is 0 Å². The van der Waals surface area contributed by atoms with Gasteiger partial charge in [0.2, 0.25) is 0 Å². The van der Waals surface area contributed by atoms with Crippen molar-refractivity contribution in [3.05, 3.63) is 54.1 Å². The average Bonchev–Trinajstić information content (AvgIpc) is 2.40. The fourth-order valence-corrected chi connectivity index (χ4v) is 1.50. The van der Waals surface area contributed by atoms with E-state index in [9.17, 15) is 5.11 Å². The third-order valence-electron chi connectivity index (χ3n) is 2.43. The van der Waals surface area contributed by atoms with E-state index in [1.807, 2.05) is 48.5 Å². The molecule has 1 N–H and O–H groups in total. The molecule has 2 aromatic rings. The van der Waals surface area contributed by atoms with Gasteiger partial charge in [-0.3, -0.25) is 0 Å². The summed E-state index contributed by atoms with van der Waals surface area (Å²) in [7, 11) is 1.62. The minimum absolute atomic E-state index is 0.0354. The van der Waals surface area contributed by atoms with Crippen molar-refractivity contribution in [3.63, 3.8) is 0 Å². The molecule has 88 valence electrons. The molecule has 0 unspecified atom stereocenters. The van der Waals surface area contributed by atoms with Gasteiger partial charge in [0.15, 0.2) is 0 Å². The highest BCUT2D eigenvalue weighted by molar-refractivity contribution is 5.39. The molecular weight excluding hydrogens is 216 g/mol. The number of para-hydroxylation sites is 1. The molecule has 0 bridgehead atoms. The number of hydrogen-bond donors (Lipinski definition) is 1. The molecule has 0 amide bonds. The molecule has 0 saturated heterocycles. The Bertz CT molecular complexity index is 477. The number of aliphatic hydroxyl groups excluding tert-OH is 1. The summed E-state index contributed by atoms with van der Waals surface area (Å²) in [6.07, 6.45) is 0. The number of hydrogen-bond acceptors (Lipinski definition) is 3. The van der Waals surface area contributed by atoms with Crippen LogP contribution in [0.1, 0.15) is 5.56 Å². The van der Waals surface area contributed by atoms with Crippen LogP contribution in [0.5, 0.6) is 17.2 Å². The Morgan fingerprint density at radius 3 is 2.24 bits per heavy atom. The van der Waals surface area contributed by atoms with Crippen LogP contribution < -0.4 is 9.47 Å². The summed E-state index contributed by atoms with van der Waals surface area (Å²) < 4.78 is 10.8. The van der Waals surface area contributed by atoms with Gasteiger partial charge >= 0.3 is 0 Å². The maximum absolute atomic E-state index is 9.18. The second-order valence-corrected chi connectivity index (χ2v) is 3.54. The van der Waals surface area contributed by atoms with Gasteiger partial charge in [0.1, 0.15) is 17.2 Å². The van der Waals surface area contributed by atoms with E-state index in [-0.39, 0.29) is 6.61 Å². The monoisotopic (exact) mass is 230 g/mol. The number of rotatable bonds is 4. The first kappa shape index (κ1) is 11.5. The Hall–Kier alpha value is -2.00. The van der Waals surface area contributed by atoms with E-state index < -0.39 is 0 Å². The number of ether oxygens (including phenoxy) is 2. The van der Waals surface area contributed by atoms with E-state index in [0.717, 1.165) is 11.3 Å². The number of aliphatic hydroxyl groups is 1. The lowest BCUT2D eigenvalue weighted by molar-refractivity contribution is 0.276. The molecule has 2 rings (SSSR count). The van der Waals surface area contributed by atoms with E-state index in [2.05, 4.69) is 0 Å². The molecule has 0 aliphatic rings. The standard InChI is InChI=1S/C14H14O3/c1-16-12-6-8-13(9-7-12)17-14-5-3-2-4-11(14)10-15/h2-9,15H,10H2,1H3. The predicted octanol–water partition coefficient (Wildman–Crippen LogP) is 2.98. The van der Waals surface area contributed by atoms with E-state index in [1.165, 1.54) is 0 Å². The summed E-state index contributed by atoms with van der Waals surface area (Å²) >= 11 is 0. The Morgan fingerprint density at radius 1 is 0.941 bits per heavy atom. The van der Waals surface area contributed by atoms with Gasteiger partial charge in [-0.2, -0.15) is 0 Å². The molecule has 0 heterocycles. The SMILES string of the molecule is COc1ccc(Oc2ccccc2CO)cc1. The first-order valence-corrected chi connectivity index (χ1v) is 5.34. The van der Waals surface area contributed by atoms with Crippen molar-refractivity contribution in [2.75, 3.05) is 7.11 Å². The Labute approximate surface area is 100 Å². The zero-order chi connectivity index (χ0) is 12.1. The second-order valence-electron chi connectivity index (χ2n) is 3.54. The molecule has 0 spiro atoms. The predicted molar refractivity (Wildman–Crippen MR) is 65.4 cm³/mol. The summed E-state index contributed by atoms with van der Waals surface area (Å²) in [5, 5.41) is 9.18. The minimum Gasteiger partial charge on any atom is -0.497 e. The highest BCUT2D eigenvalue weighted by atomic mass is 16.5. The van der Waals surface area contributed by atoms with Crippen molar-refractivity contribution in [1.29, 1.82) is 0 Å². The van der Waals surface area contributed by atoms with Gasteiger partial charge in [-0.05, 0) is 30.3 Å². The topological polar surface area (TPSA) is 38.7 Å². The van der Waals surface area contributed by atoms with E-state index in [0.29, 0.717) is 11.5 Å². The summed E-state index contributed by atoms with van der Waals surface area (Å²) in [4.78, 5) is 0. The van der Waals surface area contributed by atoms with Gasteiger partial charge in [-0.1, -0.05) is 18.2 Å². The van der Waals surface area contributed by atoms with Crippen LogP contribution in [0, 0.1) is 0 Å². The van der Waals surface area contributed by atoms with Gasteiger partial charge in [0.25, 0.3) is 0 Å². The van der Waals surface area contributed by atoms with Crippen molar-refractivity contribution in [3.8, 4) is 17.2 Å². The molecule has 17 heavy (non-hydrogen) atoms. The van der Waals surface area contributed by atoms with Gasteiger partial charge in [0, 0.05) is 5.56 Å². The highest BCUT2D eigenvalue weighted by Crippen LogP contribution is 2.26. The maximum Gasteiger partial charge on any atom is 0.132 e. The molecule has 0 aliphatic heterocycles. The zero-order valence-electron chi connectivity index (χ0n) is 9.59. The largest absolute Gasteiger partial charge is 0.497 e. The number of benzene rings is 2. The lowest BCUT2D eigenvalue weighted by Crippen LogP contribution is -1.91. The second kappa shape index (κ2) is 5.37. The lowest BCUT2D eigenvalue weighted by atomic mass is 10.2. The molecular formula is C14H14O3. The van der Waals surface area contributed by atoms with Gasteiger partial charge < -0.3 is 14.6 Å². The summed E-state index contributed by atoms with van der Waals surface area (Å²) in [6.45, 7) is -0.0354. The van der Waals surface area contributed by atoms with E-state index in [4.69, 9.17) is 9.47 Å². The third-order valence-corrected chi connectivity index (χ3v) is 2.43. The molecule has 2 aromatic carbocycles. The molecule has 0 fully saturated rings. The Balaban J connectivity index is 2.19. The van der Waals surface area contributed by atoms with Crippen molar-refractivity contribution in [2.45, 2.75) is 6.61 Å². The van der Waals surface area contributed by atoms with E-state index >= 15 is 0 Å². The zero-order valence-corrected chi connectivity index (χ0v) is 9.59. The number of methoxy groups -OCH3 is 1. The summed E-state index contributed by atoms with van der Waals surface area (Å²) in [6, 6.07) is 14.7. The quantitative estimate of drug-likeness (QED) is 0.877. The minimum atomic E-state index is -0.0354. The third kappa shape index (κ3) is 2.77. The van der Waals surface area contributed by atoms with Crippen molar-refractivity contribution in [2.24, 2.45) is 0 Å². The molecule has 0 radical (unpaired) electrons. The van der Waals surface area contributed by atoms with Crippen molar-refractivity contribution >= 4 is 0 Å². The first-order chi connectivity index (χ1) is 8.33. The Kier molecular flexibility index (Phi) is 3.62. The average molecular weight is 230 g/mol. The van der Waals surface area contributed by atoms with Crippen LogP contribution in [0.2, 0.25) is 0 Å². The summed E-state index contributed by atoms with van der Waals surface area (Å²) in [5.41, 5.74) is 0.767. The van der Waals surface area contributed by atoms with Crippen LogP contribution in [-0.2, 0) is 6.61 Å². The van der Waals surface area contributed by atoms with Gasteiger partial charge in [0.05, 0.1) is 13.7 Å². The van der Waals surface area contributed by atoms with Crippen LogP contribution in [-0.4, -0.2) is 12.2 Å². The van der Waals surface area contributed by atoms with Crippen LogP contribution >= 0.6 is 0 Å². The molecule has 0 atom stereocenters. The van der Waals surface area contributed by atoms with E-state index in [1.54, 1.807) is 7.11 Å². The van der Waals surface area contributed by atoms with Crippen molar-refractivity contribution in [1.82, 2.24) is 0 Å². The van der Waals surface area contributed by atoms with Crippen LogP contribution in [0.25, 0.3) is 0 Å². The Morgan fingerprint density at radius 2 is 1.59 bits per heavy atom. The maximum atomic E-state index is 9.18. The van der Waals surface area contributed by atoms with Gasteiger partial charge in [-0.15, -0.1) is 0 Å². The molecule has 0 aliphatic carbocycles. The highest BCUT2D eigenvalue weighted by Gasteiger charge is 2.03. The van der Waals surface area contributed by atoms with Crippen molar-refractivity contribution < 1.29 is 14.6 Å². The molecule has 0 saturated carbocycles. The van der Waals surface area contributed by atoms with Crippen LogP contribution in [0.15, 0.2) is 48.5 Å². The fourth-order valence-electron chi connectivity index (χ4n) is 1.50. The fraction of sp³-hybridized carbons (Fsp3) is 0.143. The van der Waals surface area contributed by atoms with Gasteiger partial charge in [-0.25, -0.2) is 0 Å². The van der Waals surface area contributed by atoms with Crippen LogP contribution in [0.4, 0.5) is 0 Å². The first-order valence-electron chi connectivity index (χ1n) is 5.34. The smallest absolute Gasteiger partial charge is 0.132 e. The lowest BCUT2D eigenvalue weighted by Gasteiger charge is -2.09. The normalized spacial score (nSPS) is 10.0. The molecule has 3 heteroatoms. The molecule has 0 aromatic heterocycles.